The number of nitrogens with one attached hydrogen (secondary N) is 1. The maximum absolute atomic E-state index is 5.29. The lowest BCUT2D eigenvalue weighted by Crippen LogP contribution is -2.02. The van der Waals surface area contributed by atoms with Crippen molar-refractivity contribution in [2.45, 2.75) is 6.61 Å². The average Bonchev–Trinajstić information content (AvgIpc) is 2.32. The number of nitrogens with zero attached hydrogens (tertiary/aromatic N) is 1. The van der Waals surface area contributed by atoms with Crippen LogP contribution in [0.5, 0.6) is 0 Å². The quantitative estimate of drug-likeness (QED) is 0.770. The highest BCUT2D eigenvalue weighted by Crippen LogP contribution is 2.05. The van der Waals surface area contributed by atoms with Gasteiger partial charge in [-0.25, -0.2) is 0 Å². The lowest BCUT2D eigenvalue weighted by Gasteiger charge is -2.05. The Balaban J connectivity index is 1.81. The fourth-order valence-electron chi connectivity index (χ4n) is 1.18. The molecule has 3 nitrogen and oxygen atoms in total. The van der Waals surface area contributed by atoms with Crippen molar-refractivity contribution in [2.75, 3.05) is 5.48 Å². The number of hydrogen-bond donors (Lipinski definition) is 1. The van der Waals surface area contributed by atoms with Crippen molar-refractivity contribution in [3.8, 4) is 0 Å². The normalized spacial score (nSPS) is 9.87. The average molecular weight is 200 g/mol. The largest absolute Gasteiger partial charge is 0.270 e. The third-order valence-electron chi connectivity index (χ3n) is 1.91. The standard InChI is InChI=1S/C12H12N2O/c1-2-6-11(7-3-1)14-15-10-12-8-4-5-9-13-12/h1-9,14H,10H2. The highest BCUT2D eigenvalue weighted by Gasteiger charge is 1.93. The molecule has 15 heavy (non-hydrogen) atoms. The van der Waals surface area contributed by atoms with Gasteiger partial charge in [0.1, 0.15) is 6.61 Å². The molecular formula is C12H12N2O. The topological polar surface area (TPSA) is 34.1 Å². The first-order valence-electron chi connectivity index (χ1n) is 4.78. The van der Waals surface area contributed by atoms with Crippen LogP contribution in [0.25, 0.3) is 0 Å². The molecule has 76 valence electrons. The van der Waals surface area contributed by atoms with E-state index in [0.29, 0.717) is 6.61 Å². The molecule has 0 saturated heterocycles. The summed E-state index contributed by atoms with van der Waals surface area (Å²) in [7, 11) is 0. The third kappa shape index (κ3) is 3.07. The summed E-state index contributed by atoms with van der Waals surface area (Å²) in [5.41, 5.74) is 4.70. The first-order valence-corrected chi connectivity index (χ1v) is 4.78. The molecule has 1 aromatic heterocycles. The Bertz CT molecular complexity index is 349. The number of anilines is 1. The van der Waals surface area contributed by atoms with Crippen molar-refractivity contribution in [2.24, 2.45) is 0 Å². The molecule has 1 heterocycles. The summed E-state index contributed by atoms with van der Waals surface area (Å²) in [6.07, 6.45) is 1.75. The van der Waals surface area contributed by atoms with Crippen LogP contribution in [0.1, 0.15) is 5.69 Å². The minimum atomic E-state index is 0.454. The van der Waals surface area contributed by atoms with Gasteiger partial charge in [0.15, 0.2) is 0 Å². The van der Waals surface area contributed by atoms with Crippen LogP contribution in [0.3, 0.4) is 0 Å². The van der Waals surface area contributed by atoms with Crippen molar-refractivity contribution in [1.29, 1.82) is 0 Å². The predicted molar refractivity (Wildman–Crippen MR) is 59.1 cm³/mol. The van der Waals surface area contributed by atoms with E-state index in [-0.39, 0.29) is 0 Å². The summed E-state index contributed by atoms with van der Waals surface area (Å²) in [4.78, 5) is 9.44. The summed E-state index contributed by atoms with van der Waals surface area (Å²) in [5, 5.41) is 0. The van der Waals surface area contributed by atoms with Gasteiger partial charge in [-0.05, 0) is 24.3 Å². The second kappa shape index (κ2) is 5.12. The molecule has 2 aromatic rings. The third-order valence-corrected chi connectivity index (χ3v) is 1.91. The van der Waals surface area contributed by atoms with Gasteiger partial charge in [-0.15, -0.1) is 0 Å². The summed E-state index contributed by atoms with van der Waals surface area (Å²) < 4.78 is 0. The zero-order valence-electron chi connectivity index (χ0n) is 8.26. The van der Waals surface area contributed by atoms with Gasteiger partial charge in [-0.2, -0.15) is 0 Å². The zero-order valence-corrected chi connectivity index (χ0v) is 8.26. The molecule has 0 unspecified atom stereocenters. The fourth-order valence-corrected chi connectivity index (χ4v) is 1.18. The van der Waals surface area contributed by atoms with Crippen LogP contribution in [-0.4, -0.2) is 4.98 Å². The molecule has 0 fully saturated rings. The van der Waals surface area contributed by atoms with E-state index in [4.69, 9.17) is 4.84 Å². The second-order valence-corrected chi connectivity index (χ2v) is 3.08. The number of para-hydroxylation sites is 1. The van der Waals surface area contributed by atoms with E-state index >= 15 is 0 Å². The van der Waals surface area contributed by atoms with E-state index in [1.807, 2.05) is 48.5 Å². The smallest absolute Gasteiger partial charge is 0.117 e. The van der Waals surface area contributed by atoms with Gasteiger partial charge >= 0.3 is 0 Å². The molecule has 0 saturated carbocycles. The van der Waals surface area contributed by atoms with Crippen LogP contribution in [0.2, 0.25) is 0 Å². The van der Waals surface area contributed by atoms with Crippen LogP contribution in [0.4, 0.5) is 5.69 Å². The molecule has 1 aromatic carbocycles. The molecule has 3 heteroatoms. The van der Waals surface area contributed by atoms with Crippen LogP contribution in [0.15, 0.2) is 54.7 Å². The van der Waals surface area contributed by atoms with Crippen molar-refractivity contribution >= 4 is 5.69 Å². The van der Waals surface area contributed by atoms with E-state index < -0.39 is 0 Å². The summed E-state index contributed by atoms with van der Waals surface area (Å²) in [6, 6.07) is 15.5. The van der Waals surface area contributed by atoms with Gasteiger partial charge in [-0.1, -0.05) is 24.3 Å². The molecule has 0 aliphatic carbocycles. The Morgan fingerprint density at radius 3 is 2.53 bits per heavy atom. The molecule has 1 N–H and O–H groups in total. The monoisotopic (exact) mass is 200 g/mol. The minimum absolute atomic E-state index is 0.454. The molecule has 0 bridgehead atoms. The van der Waals surface area contributed by atoms with Crippen molar-refractivity contribution in [3.63, 3.8) is 0 Å². The molecule has 0 radical (unpaired) electrons. The fraction of sp³-hybridized carbons (Fsp3) is 0.0833. The molecule has 0 amide bonds. The minimum Gasteiger partial charge on any atom is -0.270 e. The SMILES string of the molecule is c1ccc(NOCc2ccccn2)cc1. The lowest BCUT2D eigenvalue weighted by molar-refractivity contribution is 0.177. The number of aromatic nitrogens is 1. The summed E-state index contributed by atoms with van der Waals surface area (Å²) in [5.74, 6) is 0. The highest BCUT2D eigenvalue weighted by molar-refractivity contribution is 5.39. The van der Waals surface area contributed by atoms with E-state index in [2.05, 4.69) is 10.5 Å². The molecule has 0 atom stereocenters. The van der Waals surface area contributed by atoms with E-state index in [0.717, 1.165) is 11.4 Å². The number of benzene rings is 1. The molecular weight excluding hydrogens is 188 g/mol. The Morgan fingerprint density at radius 1 is 1.00 bits per heavy atom. The van der Waals surface area contributed by atoms with Gasteiger partial charge in [0.2, 0.25) is 0 Å². The summed E-state index contributed by atoms with van der Waals surface area (Å²) in [6.45, 7) is 0.454. The maximum atomic E-state index is 5.29. The summed E-state index contributed by atoms with van der Waals surface area (Å²) >= 11 is 0. The molecule has 2 rings (SSSR count). The van der Waals surface area contributed by atoms with Crippen molar-refractivity contribution in [1.82, 2.24) is 4.98 Å². The number of pyridine rings is 1. The first kappa shape index (κ1) is 9.68. The van der Waals surface area contributed by atoms with Gasteiger partial charge in [-0.3, -0.25) is 15.3 Å². The van der Waals surface area contributed by atoms with Gasteiger partial charge < -0.3 is 0 Å². The number of hydrogen-bond acceptors (Lipinski definition) is 3. The zero-order chi connectivity index (χ0) is 10.3. The van der Waals surface area contributed by atoms with Crippen LogP contribution >= 0.6 is 0 Å². The van der Waals surface area contributed by atoms with Crippen LogP contribution in [0, 0.1) is 0 Å². The van der Waals surface area contributed by atoms with Crippen molar-refractivity contribution in [3.05, 3.63) is 60.4 Å². The van der Waals surface area contributed by atoms with E-state index in [9.17, 15) is 0 Å². The molecule has 0 aliphatic rings. The van der Waals surface area contributed by atoms with Crippen LogP contribution < -0.4 is 5.48 Å². The highest BCUT2D eigenvalue weighted by atomic mass is 16.6. The van der Waals surface area contributed by atoms with E-state index in [1.165, 1.54) is 0 Å². The molecule has 0 aliphatic heterocycles. The first-order chi connectivity index (χ1) is 7.45. The number of rotatable bonds is 4. The lowest BCUT2D eigenvalue weighted by atomic mass is 10.3. The van der Waals surface area contributed by atoms with Crippen molar-refractivity contribution < 1.29 is 4.84 Å². The maximum Gasteiger partial charge on any atom is 0.117 e. The Morgan fingerprint density at radius 2 is 1.80 bits per heavy atom. The Kier molecular flexibility index (Phi) is 3.30. The van der Waals surface area contributed by atoms with Gasteiger partial charge in [0, 0.05) is 6.20 Å². The Labute approximate surface area is 88.7 Å². The Hall–Kier alpha value is -1.87. The van der Waals surface area contributed by atoms with Gasteiger partial charge in [0.25, 0.3) is 0 Å². The predicted octanol–water partition coefficient (Wildman–Crippen LogP) is 2.63. The second-order valence-electron chi connectivity index (χ2n) is 3.08. The van der Waals surface area contributed by atoms with Crippen LogP contribution in [-0.2, 0) is 11.4 Å². The molecule has 0 spiro atoms. The van der Waals surface area contributed by atoms with Gasteiger partial charge in [0.05, 0.1) is 11.4 Å². The van der Waals surface area contributed by atoms with E-state index in [1.54, 1.807) is 6.20 Å².